The van der Waals surface area contributed by atoms with Crippen LogP contribution >= 0.6 is 11.6 Å². The van der Waals surface area contributed by atoms with E-state index < -0.39 is 5.79 Å². The van der Waals surface area contributed by atoms with Gasteiger partial charge in [-0.25, -0.2) is 0 Å². The lowest BCUT2D eigenvalue weighted by Gasteiger charge is -2.39. The molecule has 0 bridgehead atoms. The molecule has 4 nitrogen and oxygen atoms in total. The normalized spacial score (nSPS) is 31.9. The molecule has 1 amide bonds. The molecule has 4 rings (SSSR count). The number of amides is 1. The number of benzene rings is 1. The van der Waals surface area contributed by atoms with Gasteiger partial charge in [0.05, 0.1) is 12.6 Å². The maximum Gasteiger partial charge on any atom is 0.311 e. The highest BCUT2D eigenvalue weighted by molar-refractivity contribution is 6.30. The molecular weight excluding hydrogens is 302 g/mol. The SMILES string of the molecule is O=C1N2CCC[C@H]2CO[C@]12C=C/C(=C\c1ccc(Cl)cc1)O2. The van der Waals surface area contributed by atoms with E-state index in [1.54, 1.807) is 12.2 Å². The van der Waals surface area contributed by atoms with Crippen molar-refractivity contribution in [2.24, 2.45) is 0 Å². The minimum atomic E-state index is -1.26. The molecule has 22 heavy (non-hydrogen) atoms. The minimum Gasteiger partial charge on any atom is -0.450 e. The predicted molar refractivity (Wildman–Crippen MR) is 83.1 cm³/mol. The van der Waals surface area contributed by atoms with Gasteiger partial charge in [0.1, 0.15) is 5.76 Å². The first-order chi connectivity index (χ1) is 10.7. The number of hydrogen-bond acceptors (Lipinski definition) is 3. The van der Waals surface area contributed by atoms with Crippen LogP contribution in [0.15, 0.2) is 42.2 Å². The lowest BCUT2D eigenvalue weighted by molar-refractivity contribution is -0.219. The van der Waals surface area contributed by atoms with Crippen LogP contribution < -0.4 is 0 Å². The molecule has 1 aromatic rings. The summed E-state index contributed by atoms with van der Waals surface area (Å²) in [6.07, 6.45) is 7.43. The van der Waals surface area contributed by atoms with Crippen molar-refractivity contribution in [3.63, 3.8) is 0 Å². The number of ether oxygens (including phenoxy) is 2. The van der Waals surface area contributed by atoms with E-state index in [4.69, 9.17) is 21.1 Å². The maximum absolute atomic E-state index is 12.7. The quantitative estimate of drug-likeness (QED) is 0.799. The molecule has 3 heterocycles. The summed E-state index contributed by atoms with van der Waals surface area (Å²) in [6, 6.07) is 7.65. The molecule has 0 aromatic heterocycles. The Labute approximate surface area is 134 Å². The van der Waals surface area contributed by atoms with Crippen molar-refractivity contribution in [1.82, 2.24) is 4.90 Å². The standard InChI is InChI=1S/C17H16ClNO3/c18-13-5-3-12(4-6-13)10-15-7-8-17(22-15)16(20)19-9-1-2-14(19)11-21-17/h3-8,10,14H,1-2,9,11H2/b15-10+/t14-,17-/m0/s1. The average molecular weight is 318 g/mol. The summed E-state index contributed by atoms with van der Waals surface area (Å²) in [5, 5.41) is 0.687. The van der Waals surface area contributed by atoms with Crippen LogP contribution in [0.3, 0.4) is 0 Å². The van der Waals surface area contributed by atoms with Crippen molar-refractivity contribution in [2.45, 2.75) is 24.7 Å². The summed E-state index contributed by atoms with van der Waals surface area (Å²) < 4.78 is 11.6. The average Bonchev–Trinajstić information content (AvgIpc) is 3.14. The largest absolute Gasteiger partial charge is 0.450 e. The van der Waals surface area contributed by atoms with Crippen LogP contribution in [0.25, 0.3) is 6.08 Å². The molecule has 0 unspecified atom stereocenters. The zero-order valence-corrected chi connectivity index (χ0v) is 12.8. The lowest BCUT2D eigenvalue weighted by Crippen LogP contribution is -2.58. The highest BCUT2D eigenvalue weighted by Gasteiger charge is 2.52. The Morgan fingerprint density at radius 3 is 2.95 bits per heavy atom. The van der Waals surface area contributed by atoms with Gasteiger partial charge in [-0.3, -0.25) is 4.79 Å². The second kappa shape index (κ2) is 5.14. The summed E-state index contributed by atoms with van der Waals surface area (Å²) >= 11 is 5.88. The van der Waals surface area contributed by atoms with Gasteiger partial charge in [-0.05, 0) is 42.7 Å². The molecule has 0 saturated carbocycles. The van der Waals surface area contributed by atoms with Crippen LogP contribution in [0.5, 0.6) is 0 Å². The predicted octanol–water partition coefficient (Wildman–Crippen LogP) is 2.98. The fourth-order valence-electron chi connectivity index (χ4n) is 3.19. The number of hydrogen-bond donors (Lipinski definition) is 0. The third-order valence-corrected chi connectivity index (χ3v) is 4.59. The van der Waals surface area contributed by atoms with Crippen molar-refractivity contribution < 1.29 is 14.3 Å². The number of carbonyl (C=O) groups excluding carboxylic acids is 1. The van der Waals surface area contributed by atoms with Crippen molar-refractivity contribution in [3.05, 3.63) is 52.8 Å². The zero-order valence-electron chi connectivity index (χ0n) is 12.0. The lowest BCUT2D eigenvalue weighted by atomic mass is 10.1. The second-order valence-electron chi connectivity index (χ2n) is 5.81. The van der Waals surface area contributed by atoms with E-state index in [2.05, 4.69) is 0 Å². The van der Waals surface area contributed by atoms with Crippen molar-refractivity contribution >= 4 is 23.6 Å². The van der Waals surface area contributed by atoms with Gasteiger partial charge < -0.3 is 14.4 Å². The van der Waals surface area contributed by atoms with E-state index in [-0.39, 0.29) is 11.9 Å². The molecule has 0 radical (unpaired) electrons. The Morgan fingerprint density at radius 1 is 1.32 bits per heavy atom. The van der Waals surface area contributed by atoms with Crippen LogP contribution in [0.4, 0.5) is 0 Å². The van der Waals surface area contributed by atoms with Gasteiger partial charge >= 0.3 is 5.79 Å². The number of halogens is 1. The van der Waals surface area contributed by atoms with E-state index in [1.807, 2.05) is 35.2 Å². The van der Waals surface area contributed by atoms with Crippen LogP contribution in [0.2, 0.25) is 5.02 Å². The van der Waals surface area contributed by atoms with Gasteiger partial charge in [-0.1, -0.05) is 23.7 Å². The molecule has 1 spiro atoms. The van der Waals surface area contributed by atoms with E-state index in [0.717, 1.165) is 24.9 Å². The molecule has 2 saturated heterocycles. The molecule has 0 N–H and O–H groups in total. The molecule has 0 aliphatic carbocycles. The smallest absolute Gasteiger partial charge is 0.311 e. The monoisotopic (exact) mass is 317 g/mol. The fourth-order valence-corrected chi connectivity index (χ4v) is 3.31. The number of rotatable bonds is 1. The molecule has 3 aliphatic rings. The first kappa shape index (κ1) is 13.9. The van der Waals surface area contributed by atoms with Gasteiger partial charge in [0.2, 0.25) is 0 Å². The minimum absolute atomic E-state index is 0.0861. The number of nitrogens with zero attached hydrogens (tertiary/aromatic N) is 1. The van der Waals surface area contributed by atoms with E-state index in [9.17, 15) is 4.79 Å². The third-order valence-electron chi connectivity index (χ3n) is 4.34. The number of morpholine rings is 1. The number of allylic oxidation sites excluding steroid dienone is 1. The molecule has 2 atom stereocenters. The molecule has 3 aliphatic heterocycles. The van der Waals surface area contributed by atoms with E-state index >= 15 is 0 Å². The highest BCUT2D eigenvalue weighted by Crippen LogP contribution is 2.37. The molecule has 5 heteroatoms. The Balaban J connectivity index is 1.56. The number of carbonyl (C=O) groups is 1. The molecule has 2 fully saturated rings. The molecular formula is C17H16ClNO3. The van der Waals surface area contributed by atoms with Gasteiger partial charge in [-0.15, -0.1) is 0 Å². The van der Waals surface area contributed by atoms with Crippen molar-refractivity contribution in [3.8, 4) is 0 Å². The first-order valence-corrected chi connectivity index (χ1v) is 7.85. The Kier molecular flexibility index (Phi) is 3.24. The van der Waals surface area contributed by atoms with E-state index in [1.165, 1.54) is 0 Å². The van der Waals surface area contributed by atoms with Crippen LogP contribution in [-0.2, 0) is 14.3 Å². The molecule has 114 valence electrons. The zero-order chi connectivity index (χ0) is 15.2. The Hall–Kier alpha value is -1.78. The van der Waals surface area contributed by atoms with Gasteiger partial charge in [0, 0.05) is 17.6 Å². The van der Waals surface area contributed by atoms with Gasteiger partial charge in [-0.2, -0.15) is 0 Å². The van der Waals surface area contributed by atoms with Crippen LogP contribution in [0.1, 0.15) is 18.4 Å². The topological polar surface area (TPSA) is 38.8 Å². The van der Waals surface area contributed by atoms with Gasteiger partial charge in [0.15, 0.2) is 0 Å². The van der Waals surface area contributed by atoms with Crippen LogP contribution in [0, 0.1) is 0 Å². The summed E-state index contributed by atoms with van der Waals surface area (Å²) in [5.41, 5.74) is 0.961. The molecule has 1 aromatic carbocycles. The van der Waals surface area contributed by atoms with Crippen molar-refractivity contribution in [2.75, 3.05) is 13.2 Å². The number of fused-ring (bicyclic) bond motifs is 1. The van der Waals surface area contributed by atoms with Crippen LogP contribution in [-0.4, -0.2) is 35.8 Å². The summed E-state index contributed by atoms with van der Waals surface area (Å²) in [5.74, 6) is -0.732. The van der Waals surface area contributed by atoms with E-state index in [0.29, 0.717) is 17.4 Å². The fraction of sp³-hybridized carbons (Fsp3) is 0.353. The Bertz CT molecular complexity index is 667. The summed E-state index contributed by atoms with van der Waals surface area (Å²) in [7, 11) is 0. The Morgan fingerprint density at radius 2 is 2.14 bits per heavy atom. The highest BCUT2D eigenvalue weighted by atomic mass is 35.5. The van der Waals surface area contributed by atoms with Gasteiger partial charge in [0.25, 0.3) is 5.91 Å². The third kappa shape index (κ3) is 2.23. The second-order valence-corrected chi connectivity index (χ2v) is 6.24. The first-order valence-electron chi connectivity index (χ1n) is 7.47. The van der Waals surface area contributed by atoms with Crippen molar-refractivity contribution in [1.29, 1.82) is 0 Å². The summed E-state index contributed by atoms with van der Waals surface area (Å²) in [6.45, 7) is 1.33. The maximum atomic E-state index is 12.7. The summed E-state index contributed by atoms with van der Waals surface area (Å²) in [4.78, 5) is 14.5.